The van der Waals surface area contributed by atoms with E-state index in [0.29, 0.717) is 17.9 Å². The third-order valence-electron chi connectivity index (χ3n) is 8.45. The molecule has 0 spiro atoms. The van der Waals surface area contributed by atoms with Crippen molar-refractivity contribution in [3.63, 3.8) is 0 Å². The van der Waals surface area contributed by atoms with Crippen LogP contribution in [0.5, 0.6) is 0 Å². The van der Waals surface area contributed by atoms with Gasteiger partial charge in [0.05, 0.1) is 6.61 Å². The van der Waals surface area contributed by atoms with Crippen LogP contribution in [0.1, 0.15) is 79.1 Å². The highest BCUT2D eigenvalue weighted by Crippen LogP contribution is 2.64. The van der Waals surface area contributed by atoms with Crippen LogP contribution in [0.4, 0.5) is 0 Å². The van der Waals surface area contributed by atoms with Crippen molar-refractivity contribution in [2.45, 2.75) is 79.1 Å². The van der Waals surface area contributed by atoms with Gasteiger partial charge in [-0.3, -0.25) is 0 Å². The standard InChI is InChI=1S/C23H38O2/c1-6-21(24)25-15-22(4)12-7-13-23(5)19-10-8-17(16(2)3)14-18(19)9-11-20(22)23/h6,16-20H,1,7-15H2,2-5H3. The minimum atomic E-state index is -0.264. The zero-order valence-corrected chi connectivity index (χ0v) is 16.9. The molecule has 25 heavy (non-hydrogen) atoms. The molecule has 2 heteroatoms. The largest absolute Gasteiger partial charge is 0.462 e. The molecule has 0 heterocycles. The molecule has 6 unspecified atom stereocenters. The van der Waals surface area contributed by atoms with Crippen molar-refractivity contribution in [1.82, 2.24) is 0 Å². The summed E-state index contributed by atoms with van der Waals surface area (Å²) in [6, 6.07) is 0. The van der Waals surface area contributed by atoms with Crippen LogP contribution in [0, 0.1) is 40.4 Å². The van der Waals surface area contributed by atoms with Gasteiger partial charge >= 0.3 is 5.97 Å². The molecular formula is C23H38O2. The summed E-state index contributed by atoms with van der Waals surface area (Å²) in [5.41, 5.74) is 0.587. The van der Waals surface area contributed by atoms with Crippen molar-refractivity contribution in [3.8, 4) is 0 Å². The summed E-state index contributed by atoms with van der Waals surface area (Å²) in [6.07, 6.45) is 12.2. The summed E-state index contributed by atoms with van der Waals surface area (Å²) >= 11 is 0. The van der Waals surface area contributed by atoms with Gasteiger partial charge in [-0.15, -0.1) is 0 Å². The van der Waals surface area contributed by atoms with E-state index in [1.54, 1.807) is 0 Å². The fourth-order valence-electron chi connectivity index (χ4n) is 7.08. The van der Waals surface area contributed by atoms with Gasteiger partial charge in [0.15, 0.2) is 0 Å². The van der Waals surface area contributed by atoms with Gasteiger partial charge in [0.25, 0.3) is 0 Å². The van der Waals surface area contributed by atoms with Crippen molar-refractivity contribution >= 4 is 5.97 Å². The van der Waals surface area contributed by atoms with Gasteiger partial charge in [-0.05, 0) is 80.0 Å². The molecule has 0 amide bonds. The average Bonchev–Trinajstić information content (AvgIpc) is 2.59. The first-order valence-electron chi connectivity index (χ1n) is 10.6. The maximum Gasteiger partial charge on any atom is 0.330 e. The Morgan fingerprint density at radius 3 is 2.64 bits per heavy atom. The fraction of sp³-hybridized carbons (Fsp3) is 0.870. The van der Waals surface area contributed by atoms with Crippen molar-refractivity contribution in [2.75, 3.05) is 6.61 Å². The van der Waals surface area contributed by atoms with Gasteiger partial charge in [-0.25, -0.2) is 4.79 Å². The number of carbonyl (C=O) groups excluding carboxylic acids is 1. The highest BCUT2D eigenvalue weighted by molar-refractivity contribution is 5.81. The van der Waals surface area contributed by atoms with E-state index in [-0.39, 0.29) is 11.4 Å². The van der Waals surface area contributed by atoms with Crippen molar-refractivity contribution in [1.29, 1.82) is 0 Å². The molecule has 0 N–H and O–H groups in total. The minimum absolute atomic E-state index is 0.144. The SMILES string of the molecule is C=CC(=O)OCC1(C)CCCC2(C)C3CCC(C(C)C)CC3CCC12. The van der Waals surface area contributed by atoms with Gasteiger partial charge in [-0.2, -0.15) is 0 Å². The third-order valence-corrected chi connectivity index (χ3v) is 8.45. The second kappa shape index (κ2) is 7.08. The van der Waals surface area contributed by atoms with E-state index < -0.39 is 0 Å². The van der Waals surface area contributed by atoms with Crippen molar-refractivity contribution in [3.05, 3.63) is 12.7 Å². The molecule has 3 saturated carbocycles. The van der Waals surface area contributed by atoms with E-state index in [2.05, 4.69) is 34.3 Å². The van der Waals surface area contributed by atoms with Crippen LogP contribution in [-0.4, -0.2) is 12.6 Å². The molecular weight excluding hydrogens is 308 g/mol. The molecule has 142 valence electrons. The smallest absolute Gasteiger partial charge is 0.330 e. The molecule has 3 fully saturated rings. The molecule has 0 aromatic rings. The second-order valence-corrected chi connectivity index (χ2v) is 10.1. The van der Waals surface area contributed by atoms with E-state index in [0.717, 1.165) is 23.7 Å². The van der Waals surface area contributed by atoms with E-state index in [4.69, 9.17) is 4.74 Å². The van der Waals surface area contributed by atoms with E-state index in [1.807, 2.05) is 0 Å². The summed E-state index contributed by atoms with van der Waals surface area (Å²) in [6.45, 7) is 13.9. The Morgan fingerprint density at radius 2 is 1.96 bits per heavy atom. The maximum absolute atomic E-state index is 11.6. The third kappa shape index (κ3) is 3.43. The number of ether oxygens (including phenoxy) is 1. The molecule has 6 atom stereocenters. The van der Waals surface area contributed by atoms with Gasteiger partial charge < -0.3 is 4.74 Å². The van der Waals surface area contributed by atoms with Gasteiger partial charge in [-0.1, -0.05) is 40.7 Å². The average molecular weight is 347 g/mol. The molecule has 0 aromatic heterocycles. The Hall–Kier alpha value is -0.790. The molecule has 2 nitrogen and oxygen atoms in total. The van der Waals surface area contributed by atoms with Crippen molar-refractivity contribution < 1.29 is 9.53 Å². The fourth-order valence-corrected chi connectivity index (χ4v) is 7.08. The normalized spacial score (nSPS) is 43.9. The Morgan fingerprint density at radius 1 is 1.20 bits per heavy atom. The van der Waals surface area contributed by atoms with Crippen LogP contribution in [0.25, 0.3) is 0 Å². The second-order valence-electron chi connectivity index (χ2n) is 10.1. The first kappa shape index (κ1) is 19.0. The first-order valence-corrected chi connectivity index (χ1v) is 10.6. The zero-order chi connectivity index (χ0) is 18.2. The lowest BCUT2D eigenvalue weighted by Crippen LogP contribution is -2.55. The summed E-state index contributed by atoms with van der Waals surface area (Å²) in [7, 11) is 0. The number of rotatable bonds is 4. The van der Waals surface area contributed by atoms with E-state index in [1.165, 1.54) is 57.4 Å². The summed E-state index contributed by atoms with van der Waals surface area (Å²) in [4.78, 5) is 11.6. The van der Waals surface area contributed by atoms with Crippen LogP contribution in [0.3, 0.4) is 0 Å². The molecule has 0 aliphatic heterocycles. The van der Waals surface area contributed by atoms with Crippen LogP contribution in [0.15, 0.2) is 12.7 Å². The quantitative estimate of drug-likeness (QED) is 0.460. The topological polar surface area (TPSA) is 26.3 Å². The molecule has 3 rings (SSSR count). The Balaban J connectivity index is 1.77. The number of esters is 1. The highest BCUT2D eigenvalue weighted by Gasteiger charge is 2.57. The lowest BCUT2D eigenvalue weighted by molar-refractivity contribution is -0.159. The predicted molar refractivity (Wildman–Crippen MR) is 103 cm³/mol. The zero-order valence-electron chi connectivity index (χ0n) is 16.9. The molecule has 3 aliphatic carbocycles. The van der Waals surface area contributed by atoms with Gasteiger partial charge in [0.1, 0.15) is 0 Å². The molecule has 0 aromatic carbocycles. The van der Waals surface area contributed by atoms with Crippen molar-refractivity contribution in [2.24, 2.45) is 40.4 Å². The Kier molecular flexibility index (Phi) is 5.38. The van der Waals surface area contributed by atoms with Crippen LogP contribution < -0.4 is 0 Å². The number of hydrogen-bond acceptors (Lipinski definition) is 2. The number of fused-ring (bicyclic) bond motifs is 3. The first-order chi connectivity index (χ1) is 11.8. The molecule has 0 saturated heterocycles. The Labute approximate surface area is 154 Å². The van der Waals surface area contributed by atoms with Crippen LogP contribution in [-0.2, 0) is 9.53 Å². The minimum Gasteiger partial charge on any atom is -0.462 e. The highest BCUT2D eigenvalue weighted by atomic mass is 16.5. The number of hydrogen-bond donors (Lipinski definition) is 0. The molecule has 3 aliphatic rings. The summed E-state index contributed by atoms with van der Waals surface area (Å²) < 4.78 is 5.56. The van der Waals surface area contributed by atoms with Crippen LogP contribution in [0.2, 0.25) is 0 Å². The predicted octanol–water partition coefficient (Wildman–Crippen LogP) is 6.01. The monoisotopic (exact) mass is 346 g/mol. The van der Waals surface area contributed by atoms with Gasteiger partial charge in [0, 0.05) is 11.5 Å². The Bertz CT molecular complexity index is 510. The molecule has 0 radical (unpaired) electrons. The van der Waals surface area contributed by atoms with E-state index >= 15 is 0 Å². The van der Waals surface area contributed by atoms with Crippen LogP contribution >= 0.6 is 0 Å². The lowest BCUT2D eigenvalue weighted by Gasteiger charge is -2.61. The van der Waals surface area contributed by atoms with E-state index in [9.17, 15) is 4.79 Å². The lowest BCUT2D eigenvalue weighted by atomic mass is 9.44. The van der Waals surface area contributed by atoms with Gasteiger partial charge in [0.2, 0.25) is 0 Å². The molecule has 0 bridgehead atoms. The summed E-state index contributed by atoms with van der Waals surface area (Å²) in [5.74, 6) is 4.02. The summed E-state index contributed by atoms with van der Waals surface area (Å²) in [5, 5.41) is 0. The maximum atomic E-state index is 11.6. The number of carbonyl (C=O) groups is 1.